The van der Waals surface area contributed by atoms with E-state index in [1.165, 1.54) is 21.1 Å². The molecule has 1 saturated carbocycles. The maximum Gasteiger partial charge on any atom is 0.344 e. The Labute approximate surface area is 414 Å². The summed E-state index contributed by atoms with van der Waals surface area (Å²) in [4.78, 5) is 68.4. The summed E-state index contributed by atoms with van der Waals surface area (Å²) in [6.07, 6.45) is 5.82. The van der Waals surface area contributed by atoms with Gasteiger partial charge in [-0.25, -0.2) is 4.79 Å². The summed E-state index contributed by atoms with van der Waals surface area (Å²) in [7, 11) is 9.24. The van der Waals surface area contributed by atoms with Gasteiger partial charge in [0.05, 0.1) is 47.1 Å². The minimum atomic E-state index is -2.34. The highest BCUT2D eigenvalue weighted by atomic mass is 16.6. The number of piperidine rings is 1. The molecule has 1 aliphatic carbocycles. The quantitative estimate of drug-likeness (QED) is 0.0982. The number of nitrogens with zero attached hydrogens (tertiary/aromatic N) is 3. The van der Waals surface area contributed by atoms with Crippen LogP contribution in [0.1, 0.15) is 85.6 Å². The number of aromatic amines is 1. The third-order valence-corrected chi connectivity index (χ3v) is 17.7. The molecule has 1 spiro atoms. The second-order valence-electron chi connectivity index (χ2n) is 20.8. The van der Waals surface area contributed by atoms with Crippen molar-refractivity contribution in [3.63, 3.8) is 0 Å². The smallest absolute Gasteiger partial charge is 0.344 e. The van der Waals surface area contributed by atoms with Gasteiger partial charge in [0.25, 0.3) is 5.91 Å². The Morgan fingerprint density at radius 2 is 1.59 bits per heavy atom. The van der Waals surface area contributed by atoms with Crippen LogP contribution >= 0.6 is 0 Å². The van der Waals surface area contributed by atoms with Crippen LogP contribution in [-0.2, 0) is 45.8 Å². The van der Waals surface area contributed by atoms with Gasteiger partial charge in [-0.2, -0.15) is 0 Å². The van der Waals surface area contributed by atoms with Gasteiger partial charge in [0.1, 0.15) is 11.2 Å². The summed E-state index contributed by atoms with van der Waals surface area (Å²) in [6, 6.07) is 16.0. The normalized spacial score (nSPS) is 32.5. The zero-order chi connectivity index (χ0) is 50.4. The largest absolute Gasteiger partial charge is 0.496 e. The van der Waals surface area contributed by atoms with Crippen molar-refractivity contribution in [3.05, 3.63) is 94.7 Å². The number of aliphatic hydroxyl groups is 1. The molecule has 6 aliphatic rings. The number of rotatable bonds is 11. The predicted octanol–water partition coefficient (Wildman–Crippen LogP) is 5.45. The average Bonchev–Trinajstić information content (AvgIpc) is 4.05. The van der Waals surface area contributed by atoms with E-state index in [4.69, 9.17) is 28.4 Å². The Balaban J connectivity index is 1.20. The van der Waals surface area contributed by atoms with Crippen LogP contribution in [-0.4, -0.2) is 148 Å². The highest BCUT2D eigenvalue weighted by Gasteiger charge is 2.80. The van der Waals surface area contributed by atoms with E-state index in [1.807, 2.05) is 55.3 Å². The maximum atomic E-state index is 15.8. The van der Waals surface area contributed by atoms with Gasteiger partial charge in [-0.15, -0.1) is 0 Å². The van der Waals surface area contributed by atoms with E-state index >= 15 is 4.79 Å². The Hall–Kier alpha value is -6.10. The zero-order valence-electron chi connectivity index (χ0n) is 42.3. The first-order valence-corrected chi connectivity index (χ1v) is 24.9. The molecule has 2 saturated heterocycles. The van der Waals surface area contributed by atoms with Gasteiger partial charge >= 0.3 is 17.9 Å². The van der Waals surface area contributed by atoms with E-state index in [2.05, 4.69) is 39.2 Å². The third-order valence-electron chi connectivity index (χ3n) is 17.7. The fourth-order valence-corrected chi connectivity index (χ4v) is 15.0. The standard InChI is InChI=1S/C55H67N5O11/c1-10-51(57-45(62)34-17-18-41(66-5)43(25-34)68-7)28-33-29-54(49(63)69-8,44-36(19-23-59(30-33)31-51)35-15-12-13-16-39(35)56-44)38-26-37-40(27-42(38)67-6)58(4)47-53(37)21-24-60-22-14-20-52(11-2,46(53)60)48(71-32(3)61)55(47,65)50(64)70-9/h12-18,20,25-27,33,46-48,56,65H,10-11,19,21-24,28-31H2,1-9H3,(H,57,62)/t33-,46+,47-,48-,51+,52-,53-,54+,55+/m1/s1. The molecule has 378 valence electrons. The van der Waals surface area contributed by atoms with Crippen LogP contribution in [0.2, 0.25) is 0 Å². The van der Waals surface area contributed by atoms with Gasteiger partial charge in [-0.3, -0.25) is 19.3 Å². The molecule has 6 heterocycles. The van der Waals surface area contributed by atoms with Crippen molar-refractivity contribution in [1.29, 1.82) is 0 Å². The maximum absolute atomic E-state index is 15.8. The van der Waals surface area contributed by atoms with Gasteiger partial charge in [0.2, 0.25) is 5.60 Å². The number of benzene rings is 3. The van der Waals surface area contributed by atoms with Crippen LogP contribution in [0.4, 0.5) is 5.69 Å². The monoisotopic (exact) mass is 973 g/mol. The van der Waals surface area contributed by atoms with Gasteiger partial charge in [0, 0.05) is 96.5 Å². The second kappa shape index (κ2) is 17.6. The Morgan fingerprint density at radius 1 is 0.845 bits per heavy atom. The van der Waals surface area contributed by atoms with Crippen LogP contribution in [0.25, 0.3) is 10.9 Å². The lowest BCUT2D eigenvalue weighted by atomic mass is 9.47. The van der Waals surface area contributed by atoms with Gasteiger partial charge in [-0.1, -0.05) is 44.2 Å². The number of likely N-dealkylation sites (N-methyl/N-ethyl adjacent to an activating group) is 1. The Kier molecular flexibility index (Phi) is 12.0. The second-order valence-corrected chi connectivity index (χ2v) is 20.8. The summed E-state index contributed by atoms with van der Waals surface area (Å²) >= 11 is 0. The number of aromatic nitrogens is 1. The number of H-pyrrole nitrogens is 1. The van der Waals surface area contributed by atoms with Crippen molar-refractivity contribution >= 4 is 40.4 Å². The van der Waals surface area contributed by atoms with Gasteiger partial charge in [0.15, 0.2) is 17.6 Å². The van der Waals surface area contributed by atoms with Crippen LogP contribution in [0.15, 0.2) is 66.7 Å². The number of methoxy groups -OCH3 is 5. The number of esters is 3. The van der Waals surface area contributed by atoms with Crippen LogP contribution in [0, 0.1) is 11.3 Å². The molecular weight excluding hydrogens is 907 g/mol. The molecule has 16 nitrogen and oxygen atoms in total. The summed E-state index contributed by atoms with van der Waals surface area (Å²) in [6.45, 7) is 8.58. The molecule has 71 heavy (non-hydrogen) atoms. The molecule has 3 aromatic carbocycles. The Bertz CT molecular complexity index is 2850. The molecule has 3 N–H and O–H groups in total. The van der Waals surface area contributed by atoms with E-state index in [0.717, 1.165) is 33.4 Å². The van der Waals surface area contributed by atoms with Crippen molar-refractivity contribution in [1.82, 2.24) is 20.1 Å². The van der Waals surface area contributed by atoms with Gasteiger partial charge in [-0.05, 0) is 92.4 Å². The number of ether oxygens (including phenoxy) is 6. The molecule has 10 rings (SSSR count). The lowest BCUT2D eigenvalue weighted by Gasteiger charge is -2.63. The molecule has 3 fully saturated rings. The van der Waals surface area contributed by atoms with Gasteiger partial charge < -0.3 is 53.6 Å². The first-order chi connectivity index (χ1) is 34.1. The van der Waals surface area contributed by atoms with Crippen LogP contribution in [0.3, 0.4) is 0 Å². The molecule has 1 aromatic heterocycles. The van der Waals surface area contributed by atoms with Crippen LogP contribution in [0.5, 0.6) is 17.2 Å². The number of hydrogen-bond acceptors (Lipinski definition) is 14. The van der Waals surface area contributed by atoms with E-state index < -0.39 is 57.4 Å². The summed E-state index contributed by atoms with van der Waals surface area (Å²) in [5.74, 6) is -0.989. The number of fused-ring (bicyclic) bond motifs is 6. The first kappa shape index (κ1) is 48.5. The summed E-state index contributed by atoms with van der Waals surface area (Å²) in [5, 5.41) is 18.0. The molecule has 0 radical (unpaired) electrons. The highest BCUT2D eigenvalue weighted by Crippen LogP contribution is 2.68. The van der Waals surface area contributed by atoms with Crippen molar-refractivity contribution in [2.24, 2.45) is 11.3 Å². The molecule has 10 atom stereocenters. The number of hydrogen-bond donors (Lipinski definition) is 3. The number of carbonyl (C=O) groups excluding carboxylic acids is 4. The fourth-order valence-electron chi connectivity index (χ4n) is 15.0. The van der Waals surface area contributed by atoms with E-state index in [9.17, 15) is 19.5 Å². The van der Waals surface area contributed by atoms with Crippen molar-refractivity contribution in [3.8, 4) is 17.2 Å². The summed E-state index contributed by atoms with van der Waals surface area (Å²) < 4.78 is 35.3. The van der Waals surface area contributed by atoms with E-state index in [-0.39, 0.29) is 24.3 Å². The minimum Gasteiger partial charge on any atom is -0.496 e. The Morgan fingerprint density at radius 3 is 2.28 bits per heavy atom. The molecule has 2 bridgehead atoms. The number of anilines is 1. The molecule has 5 aliphatic heterocycles. The fraction of sp³-hybridized carbons (Fsp3) is 0.527. The average molecular weight is 974 g/mol. The number of nitrogens with one attached hydrogen (secondary N) is 2. The topological polar surface area (TPSA) is 181 Å². The van der Waals surface area contributed by atoms with Crippen molar-refractivity contribution < 1.29 is 52.7 Å². The zero-order valence-corrected chi connectivity index (χ0v) is 42.3. The summed E-state index contributed by atoms with van der Waals surface area (Å²) in [5.41, 5.74) is -1.34. The SMILES string of the molecule is CC[C@]1(NC(=O)c2ccc(OC)c(OC)c2)C[C@H]2CN(CCc3c([nH]c4ccccc34)[C@@](C(=O)OC)(c3cc4c(cc3OC)N(C)[C@H]3[C@@](O)(C(=O)OC)[C@H](OC(C)=O)[C@]5(CC)C=CCN6CC[C@]43[C@@H]65)C2)C1. The lowest BCUT2D eigenvalue weighted by molar-refractivity contribution is -0.228. The van der Waals surface area contributed by atoms with Crippen molar-refractivity contribution in [2.75, 3.05) is 80.2 Å². The van der Waals surface area contributed by atoms with E-state index in [0.29, 0.717) is 93.2 Å². The molecule has 4 aromatic rings. The molecular formula is C55H67N5O11. The van der Waals surface area contributed by atoms with Crippen LogP contribution < -0.4 is 24.4 Å². The highest BCUT2D eigenvalue weighted by molar-refractivity contribution is 5.96. The number of amides is 1. The predicted molar refractivity (Wildman–Crippen MR) is 265 cm³/mol. The molecule has 1 unspecified atom stereocenters. The number of para-hydroxylation sites is 1. The minimum absolute atomic E-state index is 0.167. The molecule has 16 heteroatoms. The third kappa shape index (κ3) is 6.79. The van der Waals surface area contributed by atoms with Crippen molar-refractivity contribution in [2.45, 2.75) is 99.5 Å². The number of carbonyl (C=O) groups is 4. The van der Waals surface area contributed by atoms with E-state index in [1.54, 1.807) is 39.5 Å². The molecule has 1 amide bonds. The lowest BCUT2D eigenvalue weighted by Crippen LogP contribution is -2.81. The first-order valence-electron chi connectivity index (χ1n) is 24.9.